The van der Waals surface area contributed by atoms with Crippen molar-refractivity contribution in [2.24, 2.45) is 11.7 Å². The van der Waals surface area contributed by atoms with E-state index in [2.05, 4.69) is 21.5 Å². The SMILES string of the molecule is NCc1cccc2cnc(CC3CCOC3)n12. The van der Waals surface area contributed by atoms with E-state index in [0.29, 0.717) is 12.5 Å². The number of rotatable bonds is 3. The van der Waals surface area contributed by atoms with Crippen molar-refractivity contribution in [3.63, 3.8) is 0 Å². The van der Waals surface area contributed by atoms with E-state index in [1.165, 1.54) is 0 Å². The fraction of sp³-hybridized carbons (Fsp3) is 0.462. The van der Waals surface area contributed by atoms with Crippen molar-refractivity contribution in [2.45, 2.75) is 19.4 Å². The second-order valence-electron chi connectivity index (χ2n) is 4.59. The number of ether oxygens (including phenoxy) is 1. The molecule has 3 heterocycles. The van der Waals surface area contributed by atoms with Crippen molar-refractivity contribution in [3.8, 4) is 0 Å². The molecule has 2 aromatic rings. The Hall–Kier alpha value is -1.39. The first-order valence-electron chi connectivity index (χ1n) is 6.10. The van der Waals surface area contributed by atoms with Crippen LogP contribution in [-0.2, 0) is 17.7 Å². The summed E-state index contributed by atoms with van der Waals surface area (Å²) >= 11 is 0. The van der Waals surface area contributed by atoms with E-state index in [9.17, 15) is 0 Å². The highest BCUT2D eigenvalue weighted by molar-refractivity contribution is 5.47. The van der Waals surface area contributed by atoms with Crippen molar-refractivity contribution in [1.82, 2.24) is 9.38 Å². The lowest BCUT2D eigenvalue weighted by atomic mass is 10.0. The van der Waals surface area contributed by atoms with Crippen LogP contribution in [0.1, 0.15) is 17.9 Å². The van der Waals surface area contributed by atoms with Crippen LogP contribution in [0, 0.1) is 5.92 Å². The average molecular weight is 231 g/mol. The van der Waals surface area contributed by atoms with Crippen molar-refractivity contribution in [3.05, 3.63) is 35.9 Å². The molecule has 90 valence electrons. The maximum absolute atomic E-state index is 5.78. The van der Waals surface area contributed by atoms with Gasteiger partial charge < -0.3 is 10.5 Å². The summed E-state index contributed by atoms with van der Waals surface area (Å²) in [6.07, 6.45) is 4.04. The molecule has 1 aliphatic heterocycles. The third-order valence-corrected chi connectivity index (χ3v) is 3.41. The fourth-order valence-electron chi connectivity index (χ4n) is 2.49. The van der Waals surface area contributed by atoms with E-state index in [1.54, 1.807) is 0 Å². The van der Waals surface area contributed by atoms with Gasteiger partial charge in [-0.05, 0) is 24.5 Å². The number of nitrogens with zero attached hydrogens (tertiary/aromatic N) is 2. The minimum atomic E-state index is 0.544. The van der Waals surface area contributed by atoms with Gasteiger partial charge >= 0.3 is 0 Å². The molecule has 1 unspecified atom stereocenters. The molecule has 0 radical (unpaired) electrons. The molecule has 2 N–H and O–H groups in total. The lowest BCUT2D eigenvalue weighted by molar-refractivity contribution is 0.185. The summed E-state index contributed by atoms with van der Waals surface area (Å²) in [6.45, 7) is 2.29. The van der Waals surface area contributed by atoms with Crippen LogP contribution >= 0.6 is 0 Å². The maximum atomic E-state index is 5.78. The summed E-state index contributed by atoms with van der Waals surface area (Å²) in [5.74, 6) is 1.71. The van der Waals surface area contributed by atoms with Crippen LogP contribution in [-0.4, -0.2) is 22.6 Å². The quantitative estimate of drug-likeness (QED) is 0.868. The third-order valence-electron chi connectivity index (χ3n) is 3.41. The van der Waals surface area contributed by atoms with E-state index >= 15 is 0 Å². The highest BCUT2D eigenvalue weighted by atomic mass is 16.5. The fourth-order valence-corrected chi connectivity index (χ4v) is 2.49. The Morgan fingerprint density at radius 2 is 2.41 bits per heavy atom. The van der Waals surface area contributed by atoms with Crippen LogP contribution in [0.25, 0.3) is 5.52 Å². The third kappa shape index (κ3) is 1.94. The van der Waals surface area contributed by atoms with Gasteiger partial charge in [-0.2, -0.15) is 0 Å². The molecule has 0 bridgehead atoms. The molecule has 3 rings (SSSR count). The van der Waals surface area contributed by atoms with Gasteiger partial charge in [0, 0.05) is 31.9 Å². The first-order valence-corrected chi connectivity index (χ1v) is 6.10. The highest BCUT2D eigenvalue weighted by Crippen LogP contribution is 2.19. The lowest BCUT2D eigenvalue weighted by Gasteiger charge is -2.09. The molecule has 4 nitrogen and oxygen atoms in total. The minimum absolute atomic E-state index is 0.544. The molecule has 1 aliphatic rings. The molecule has 1 fully saturated rings. The first-order chi connectivity index (χ1) is 8.38. The smallest absolute Gasteiger partial charge is 0.113 e. The largest absolute Gasteiger partial charge is 0.381 e. The molecule has 0 aromatic carbocycles. The Kier molecular flexibility index (Phi) is 2.82. The van der Waals surface area contributed by atoms with E-state index in [4.69, 9.17) is 10.5 Å². The summed E-state index contributed by atoms with van der Waals surface area (Å²) in [7, 11) is 0. The van der Waals surface area contributed by atoms with Crippen LogP contribution in [0.3, 0.4) is 0 Å². The van der Waals surface area contributed by atoms with Gasteiger partial charge in [0.25, 0.3) is 0 Å². The van der Waals surface area contributed by atoms with Crippen LogP contribution in [0.15, 0.2) is 24.4 Å². The second-order valence-corrected chi connectivity index (χ2v) is 4.59. The molecule has 0 aliphatic carbocycles. The molecule has 4 heteroatoms. The van der Waals surface area contributed by atoms with E-state index in [1.807, 2.05) is 12.3 Å². The van der Waals surface area contributed by atoms with E-state index in [-0.39, 0.29) is 0 Å². The predicted molar refractivity (Wildman–Crippen MR) is 65.7 cm³/mol. The van der Waals surface area contributed by atoms with Gasteiger partial charge in [0.05, 0.1) is 11.7 Å². The van der Waals surface area contributed by atoms with Gasteiger partial charge in [0.1, 0.15) is 5.82 Å². The zero-order chi connectivity index (χ0) is 11.7. The van der Waals surface area contributed by atoms with Gasteiger partial charge in [-0.1, -0.05) is 6.07 Å². The normalized spacial score (nSPS) is 20.2. The Morgan fingerprint density at radius 3 is 3.18 bits per heavy atom. The Bertz CT molecular complexity index is 514. The number of fused-ring (bicyclic) bond motifs is 1. The number of hydrogen-bond donors (Lipinski definition) is 1. The van der Waals surface area contributed by atoms with Crippen LogP contribution in [0.2, 0.25) is 0 Å². The van der Waals surface area contributed by atoms with Crippen molar-refractivity contribution < 1.29 is 4.74 Å². The summed E-state index contributed by atoms with van der Waals surface area (Å²) in [6, 6.07) is 6.16. The molecule has 1 atom stereocenters. The molecular formula is C13H17N3O. The van der Waals surface area contributed by atoms with E-state index in [0.717, 1.165) is 43.1 Å². The van der Waals surface area contributed by atoms with Crippen LogP contribution in [0.5, 0.6) is 0 Å². The number of pyridine rings is 1. The van der Waals surface area contributed by atoms with Gasteiger partial charge in [-0.3, -0.25) is 4.40 Å². The van der Waals surface area contributed by atoms with Gasteiger partial charge in [0.15, 0.2) is 0 Å². The minimum Gasteiger partial charge on any atom is -0.381 e. The summed E-state index contributed by atoms with van der Waals surface area (Å²) in [5.41, 5.74) is 8.02. The highest BCUT2D eigenvalue weighted by Gasteiger charge is 2.18. The zero-order valence-electron chi connectivity index (χ0n) is 9.80. The Morgan fingerprint density at radius 1 is 1.47 bits per heavy atom. The monoisotopic (exact) mass is 231 g/mol. The van der Waals surface area contributed by atoms with Crippen LogP contribution in [0.4, 0.5) is 0 Å². The topological polar surface area (TPSA) is 52.5 Å². The Balaban J connectivity index is 1.98. The number of hydrogen-bond acceptors (Lipinski definition) is 3. The second kappa shape index (κ2) is 4.47. The lowest BCUT2D eigenvalue weighted by Crippen LogP contribution is -2.11. The zero-order valence-corrected chi connectivity index (χ0v) is 9.80. The van der Waals surface area contributed by atoms with Gasteiger partial charge in [-0.15, -0.1) is 0 Å². The molecular weight excluding hydrogens is 214 g/mol. The molecule has 0 saturated carbocycles. The van der Waals surface area contributed by atoms with E-state index < -0.39 is 0 Å². The molecule has 17 heavy (non-hydrogen) atoms. The van der Waals surface area contributed by atoms with Crippen molar-refractivity contribution >= 4 is 5.52 Å². The average Bonchev–Trinajstić information content (AvgIpc) is 2.99. The molecule has 0 spiro atoms. The number of imidazole rings is 1. The number of nitrogens with two attached hydrogens (primary N) is 1. The van der Waals surface area contributed by atoms with Gasteiger partial charge in [-0.25, -0.2) is 4.98 Å². The summed E-state index contributed by atoms with van der Waals surface area (Å²) in [4.78, 5) is 4.52. The Labute approximate surface area is 100 Å². The maximum Gasteiger partial charge on any atom is 0.113 e. The molecule has 1 saturated heterocycles. The summed E-state index contributed by atoms with van der Waals surface area (Å²) < 4.78 is 7.59. The first kappa shape index (κ1) is 10.7. The van der Waals surface area contributed by atoms with Gasteiger partial charge in [0.2, 0.25) is 0 Å². The van der Waals surface area contributed by atoms with Crippen molar-refractivity contribution in [1.29, 1.82) is 0 Å². The number of aromatic nitrogens is 2. The summed E-state index contributed by atoms with van der Waals surface area (Å²) in [5, 5.41) is 0. The molecule has 0 amide bonds. The van der Waals surface area contributed by atoms with Crippen LogP contribution < -0.4 is 5.73 Å². The predicted octanol–water partition coefficient (Wildman–Crippen LogP) is 1.37. The molecule has 2 aromatic heterocycles. The van der Waals surface area contributed by atoms with Crippen molar-refractivity contribution in [2.75, 3.05) is 13.2 Å². The standard InChI is InChI=1S/C13H17N3O/c14-7-11-2-1-3-12-8-15-13(16(11)12)6-10-4-5-17-9-10/h1-3,8,10H,4-7,9,14H2.